The van der Waals surface area contributed by atoms with Crippen LogP contribution in [0, 0.1) is 6.92 Å². The average Bonchev–Trinajstić information content (AvgIpc) is 3.92. The molecular weight excluding hydrogens is 713 g/mol. The predicted octanol–water partition coefficient (Wildman–Crippen LogP) is 7.39. The number of likely N-dealkylation sites (N-methyl/N-ethyl adjacent to an activating group) is 1. The monoisotopic (exact) mass is 766 g/mol. The molecule has 2 amide bonds. The first-order chi connectivity index (χ1) is 26.3. The number of carbonyl (C=O) groups is 2. The average molecular weight is 767 g/mol. The Bertz CT molecular complexity index is 2330. The molecule has 1 saturated carbocycles. The molecule has 292 valence electrons. The molecule has 0 radical (unpaired) electrons. The molecule has 4 aromatic rings. The summed E-state index contributed by atoms with van der Waals surface area (Å²) in [6.45, 7) is 14.5. The number of amides is 2. The number of sulfonamides is 1. The number of likely N-dealkylation sites (tertiary alicyclic amines) is 2. The van der Waals surface area contributed by atoms with Gasteiger partial charge in [-0.2, -0.15) is 5.10 Å². The maximum Gasteiger partial charge on any atom is 0.264 e. The van der Waals surface area contributed by atoms with Crippen LogP contribution in [0.4, 0.5) is 0 Å². The molecule has 1 N–H and O–H groups in total. The number of piperazine rings is 1. The maximum atomic E-state index is 14.8. The van der Waals surface area contributed by atoms with Gasteiger partial charge in [-0.05, 0) is 119 Å². The van der Waals surface area contributed by atoms with Crippen LogP contribution in [0.1, 0.15) is 128 Å². The van der Waals surface area contributed by atoms with Gasteiger partial charge in [0.1, 0.15) is 5.75 Å². The van der Waals surface area contributed by atoms with Crippen molar-refractivity contribution in [2.75, 3.05) is 26.7 Å². The van der Waals surface area contributed by atoms with Crippen molar-refractivity contribution in [2.24, 2.45) is 0 Å². The highest BCUT2D eigenvalue weighted by molar-refractivity contribution is 7.90. The zero-order valence-corrected chi connectivity index (χ0v) is 34.0. The van der Waals surface area contributed by atoms with Crippen molar-refractivity contribution in [3.8, 4) is 17.0 Å². The van der Waals surface area contributed by atoms with E-state index in [1.165, 1.54) is 12.0 Å². The van der Waals surface area contributed by atoms with Gasteiger partial charge in [-0.3, -0.25) is 19.2 Å². The molecule has 8 rings (SSSR count). The number of nitrogens with one attached hydrogen (secondary N) is 1. The largest absolute Gasteiger partial charge is 0.497 e. The van der Waals surface area contributed by atoms with Gasteiger partial charge in [0.05, 0.1) is 41.5 Å². The number of nitrogens with zero attached hydrogens (tertiary/aromatic N) is 5. The van der Waals surface area contributed by atoms with Crippen molar-refractivity contribution < 1.29 is 22.7 Å². The third kappa shape index (κ3) is 6.39. The molecule has 55 heavy (non-hydrogen) atoms. The van der Waals surface area contributed by atoms with E-state index in [1.807, 2.05) is 29.8 Å². The second kappa shape index (κ2) is 14.3. The lowest BCUT2D eigenvalue weighted by molar-refractivity contribution is 0.0629. The molecule has 2 bridgehead atoms. The Labute approximate surface area is 324 Å². The van der Waals surface area contributed by atoms with Gasteiger partial charge in [-0.1, -0.05) is 32.3 Å². The first-order valence-electron chi connectivity index (χ1n) is 20.1. The molecule has 2 aromatic carbocycles. The van der Waals surface area contributed by atoms with Crippen LogP contribution in [0.25, 0.3) is 33.8 Å². The molecule has 12 heteroatoms. The summed E-state index contributed by atoms with van der Waals surface area (Å²) in [4.78, 5) is 33.0. The van der Waals surface area contributed by atoms with Crippen molar-refractivity contribution in [2.45, 2.75) is 116 Å². The van der Waals surface area contributed by atoms with Gasteiger partial charge in [0.2, 0.25) is 10.0 Å². The second-order valence-electron chi connectivity index (χ2n) is 16.5. The fraction of sp³-hybridized carbons (Fsp3) is 0.512. The van der Waals surface area contributed by atoms with Gasteiger partial charge in [-0.25, -0.2) is 13.1 Å². The van der Waals surface area contributed by atoms with E-state index in [9.17, 15) is 18.0 Å². The van der Waals surface area contributed by atoms with E-state index in [2.05, 4.69) is 58.1 Å². The lowest BCUT2D eigenvalue weighted by atomic mass is 9.81. The van der Waals surface area contributed by atoms with Gasteiger partial charge in [0.15, 0.2) is 0 Å². The number of ether oxygens (including phenoxy) is 1. The molecule has 3 aliphatic heterocycles. The van der Waals surface area contributed by atoms with Gasteiger partial charge >= 0.3 is 0 Å². The van der Waals surface area contributed by atoms with Crippen LogP contribution in [-0.4, -0.2) is 88.5 Å². The van der Waals surface area contributed by atoms with Gasteiger partial charge in [0, 0.05) is 53.2 Å². The summed E-state index contributed by atoms with van der Waals surface area (Å²) in [5.41, 5.74) is 8.64. The van der Waals surface area contributed by atoms with E-state index in [0.29, 0.717) is 29.8 Å². The molecule has 2 saturated heterocycles. The number of hydrogen-bond donors (Lipinski definition) is 1. The molecule has 0 unspecified atom stereocenters. The summed E-state index contributed by atoms with van der Waals surface area (Å²) in [6, 6.07) is 12.4. The highest BCUT2D eigenvalue weighted by Crippen LogP contribution is 2.48. The number of hydrogen-bond acceptors (Lipinski definition) is 7. The highest BCUT2D eigenvalue weighted by atomic mass is 32.2. The number of benzene rings is 2. The van der Waals surface area contributed by atoms with Gasteiger partial charge < -0.3 is 14.2 Å². The highest BCUT2D eigenvalue weighted by Gasteiger charge is 2.46. The van der Waals surface area contributed by atoms with E-state index in [1.54, 1.807) is 27.0 Å². The Balaban J connectivity index is 1.35. The Kier molecular flexibility index (Phi) is 9.72. The molecule has 4 aliphatic rings. The first kappa shape index (κ1) is 37.5. The summed E-state index contributed by atoms with van der Waals surface area (Å²) >= 11 is 0. The molecule has 5 heterocycles. The number of methoxy groups -OCH3 is 1. The van der Waals surface area contributed by atoms with Crippen LogP contribution in [0.15, 0.2) is 36.4 Å². The van der Waals surface area contributed by atoms with Gasteiger partial charge in [0.25, 0.3) is 11.8 Å². The van der Waals surface area contributed by atoms with E-state index in [-0.39, 0.29) is 23.6 Å². The Morgan fingerprint density at radius 1 is 0.982 bits per heavy atom. The predicted molar refractivity (Wildman–Crippen MR) is 217 cm³/mol. The molecular formula is C43H54N6O5S. The fourth-order valence-electron chi connectivity index (χ4n) is 9.65. The van der Waals surface area contributed by atoms with E-state index >= 15 is 0 Å². The number of fused-ring (bicyclic) bond motifs is 7. The van der Waals surface area contributed by atoms with Crippen LogP contribution in [-0.2, 0) is 16.6 Å². The second-order valence-corrected chi connectivity index (χ2v) is 18.7. The molecule has 0 spiro atoms. The number of carbonyl (C=O) groups excluding carboxylic acids is 2. The lowest BCUT2D eigenvalue weighted by Gasteiger charge is -2.33. The number of aryl methyl sites for hydroxylation is 1. The smallest absolute Gasteiger partial charge is 0.264 e. The summed E-state index contributed by atoms with van der Waals surface area (Å²) < 4.78 is 38.0. The molecule has 2 atom stereocenters. The lowest BCUT2D eigenvalue weighted by Crippen LogP contribution is -2.48. The number of allylic oxidation sites excluding steroid dienone is 1. The standard InChI is InChI=1S/C43H54N6O5S/c1-8-46-23-33-21-32(46)24-47(33)43(51)38-27(6)44-49(25(2)3)40(38)31-18-30-19-34(54-7)15-17-35(30)41-39(28-12-10-9-11-13-28)36-16-14-29(20-37(36)48(41)22-31)42(50)45-55(52,53)26(4)5/h14-20,25-26,28,32-33H,8-13,21-24H2,1-7H3,(H,45,50)/t32-,33-/m1/s1. The molecule has 2 aromatic heterocycles. The topological polar surface area (TPSA) is 119 Å². The van der Waals surface area contributed by atoms with E-state index in [4.69, 9.17) is 9.84 Å². The maximum absolute atomic E-state index is 14.8. The first-order valence-corrected chi connectivity index (χ1v) is 21.6. The zero-order valence-electron chi connectivity index (χ0n) is 33.2. The number of rotatable bonds is 9. The van der Waals surface area contributed by atoms with Crippen LogP contribution in [0.2, 0.25) is 0 Å². The van der Waals surface area contributed by atoms with Crippen LogP contribution in [0.5, 0.6) is 5.75 Å². The van der Waals surface area contributed by atoms with Crippen molar-refractivity contribution in [3.63, 3.8) is 0 Å². The van der Waals surface area contributed by atoms with Crippen LogP contribution in [0.3, 0.4) is 0 Å². The minimum absolute atomic E-state index is 0.0216. The Morgan fingerprint density at radius 3 is 2.40 bits per heavy atom. The quantitative estimate of drug-likeness (QED) is 0.189. The van der Waals surface area contributed by atoms with E-state index in [0.717, 1.165) is 96.5 Å². The van der Waals surface area contributed by atoms with Crippen molar-refractivity contribution in [1.29, 1.82) is 0 Å². The van der Waals surface area contributed by atoms with Crippen molar-refractivity contribution in [1.82, 2.24) is 28.9 Å². The molecule has 3 fully saturated rings. The van der Waals surface area contributed by atoms with Gasteiger partial charge in [-0.15, -0.1) is 0 Å². The zero-order chi connectivity index (χ0) is 38.9. The van der Waals surface area contributed by atoms with Crippen molar-refractivity contribution >= 4 is 44.4 Å². The molecule has 1 aliphatic carbocycles. The van der Waals surface area contributed by atoms with E-state index < -0.39 is 21.2 Å². The number of aromatic nitrogens is 3. The minimum Gasteiger partial charge on any atom is -0.497 e. The third-order valence-electron chi connectivity index (χ3n) is 12.5. The van der Waals surface area contributed by atoms with Crippen molar-refractivity contribution in [3.05, 3.63) is 70.0 Å². The normalized spacial score (nSPS) is 20.2. The summed E-state index contributed by atoms with van der Waals surface area (Å²) in [5.74, 6) is 0.438. The van der Waals surface area contributed by atoms with Crippen LogP contribution >= 0.6 is 0 Å². The third-order valence-corrected chi connectivity index (χ3v) is 14.2. The minimum atomic E-state index is -3.84. The Morgan fingerprint density at radius 2 is 1.75 bits per heavy atom. The van der Waals surface area contributed by atoms with Crippen LogP contribution < -0.4 is 9.46 Å². The summed E-state index contributed by atoms with van der Waals surface area (Å²) in [7, 11) is -2.16. The fourth-order valence-corrected chi connectivity index (χ4v) is 10.3. The Hall–Kier alpha value is -4.42. The SMILES string of the molecule is CCN1C[C@H]2C[C@@H]1CN2C(=O)c1c(C)nn(C(C)C)c1C1=Cc2cc(OC)ccc2-c2c(C3CCCCC3)c3ccc(C(=O)NS(=O)(=O)C(C)C)cc3n2C1. The molecule has 11 nitrogen and oxygen atoms in total. The summed E-state index contributed by atoms with van der Waals surface area (Å²) in [5, 5.41) is 5.36. The summed E-state index contributed by atoms with van der Waals surface area (Å²) in [6.07, 6.45) is 8.85.